The predicted octanol–water partition coefficient (Wildman–Crippen LogP) is 2.55. The van der Waals surface area contributed by atoms with Crippen molar-refractivity contribution in [3.8, 4) is 17.2 Å². The zero-order valence-corrected chi connectivity index (χ0v) is 16.3. The Bertz CT molecular complexity index is 649. The number of ether oxygens (including phenoxy) is 3. The Kier molecular flexibility index (Phi) is 5.91. The molecule has 1 aromatic carbocycles. The third kappa shape index (κ3) is 3.47. The zero-order chi connectivity index (χ0) is 18.7. The van der Waals surface area contributed by atoms with Crippen molar-refractivity contribution in [1.29, 1.82) is 0 Å². The molecule has 3 heterocycles. The summed E-state index contributed by atoms with van der Waals surface area (Å²) in [5.41, 5.74) is 1.06. The van der Waals surface area contributed by atoms with Gasteiger partial charge in [0.1, 0.15) is 0 Å². The van der Waals surface area contributed by atoms with Gasteiger partial charge in [-0.05, 0) is 25.3 Å². The smallest absolute Gasteiger partial charge is 0.227 e. The highest BCUT2D eigenvalue weighted by Crippen LogP contribution is 2.40. The number of hydrogen-bond donors (Lipinski definition) is 0. The van der Waals surface area contributed by atoms with Gasteiger partial charge in [0.15, 0.2) is 11.5 Å². The minimum absolute atomic E-state index is 0.117. The number of carbonyl (C=O) groups is 1. The molecule has 0 aromatic heterocycles. The molecule has 3 aliphatic heterocycles. The van der Waals surface area contributed by atoms with Gasteiger partial charge in [0.2, 0.25) is 11.7 Å². The minimum atomic E-state index is 0.117. The molecule has 26 heavy (non-hydrogen) atoms. The van der Waals surface area contributed by atoms with E-state index in [0.29, 0.717) is 29.2 Å². The number of fused-ring (bicyclic) bond motifs is 4. The van der Waals surface area contributed by atoms with E-state index in [-0.39, 0.29) is 5.92 Å². The Hall–Kier alpha value is -1.95. The molecule has 1 aromatic rings. The first kappa shape index (κ1) is 18.8. The summed E-state index contributed by atoms with van der Waals surface area (Å²) < 4.78 is 16.5. The van der Waals surface area contributed by atoms with E-state index in [2.05, 4.69) is 16.7 Å². The summed E-state index contributed by atoms with van der Waals surface area (Å²) in [7, 11) is 4.90. The maximum Gasteiger partial charge on any atom is 0.227 e. The summed E-state index contributed by atoms with van der Waals surface area (Å²) in [6.07, 6.45) is 3.12. The Morgan fingerprint density at radius 1 is 1.04 bits per heavy atom. The van der Waals surface area contributed by atoms with E-state index in [9.17, 15) is 4.79 Å². The molecule has 0 N–H and O–H groups in total. The standard InChI is InChI=1S/C20H30N2O4/c1-5-10-22-16-8-6-15(20(22)23)12-21(13-16)11-14-7-9-17(24-2)19(26-4)18(14)25-3/h7,9,15-16H,5-6,8,10-13H2,1-4H3/t15-,16+/m0/s1. The molecule has 2 bridgehead atoms. The van der Waals surface area contributed by atoms with E-state index >= 15 is 0 Å². The molecule has 0 aliphatic carbocycles. The number of nitrogens with zero attached hydrogens (tertiary/aromatic N) is 2. The van der Waals surface area contributed by atoms with Crippen molar-refractivity contribution in [3.63, 3.8) is 0 Å². The van der Waals surface area contributed by atoms with Crippen LogP contribution in [0.3, 0.4) is 0 Å². The first-order chi connectivity index (χ1) is 12.6. The van der Waals surface area contributed by atoms with Crippen LogP contribution in [0.2, 0.25) is 0 Å². The SMILES string of the molecule is CCCN1C(=O)[C@H]2CC[C@@H]1CN(Cc1ccc(OC)c(OC)c1OC)C2. The van der Waals surface area contributed by atoms with Crippen molar-refractivity contribution in [2.45, 2.75) is 38.8 Å². The molecular formula is C20H30N2O4. The van der Waals surface area contributed by atoms with Gasteiger partial charge >= 0.3 is 0 Å². The van der Waals surface area contributed by atoms with E-state index in [1.165, 1.54) is 0 Å². The van der Waals surface area contributed by atoms with Crippen molar-refractivity contribution in [2.75, 3.05) is 41.0 Å². The van der Waals surface area contributed by atoms with Crippen molar-refractivity contribution < 1.29 is 19.0 Å². The van der Waals surface area contributed by atoms with E-state index in [0.717, 1.165) is 51.0 Å². The summed E-state index contributed by atoms with van der Waals surface area (Å²) in [6.45, 7) is 5.47. The molecule has 0 saturated carbocycles. The number of piperidine rings is 1. The van der Waals surface area contributed by atoms with Crippen LogP contribution in [0.15, 0.2) is 12.1 Å². The third-order valence-electron chi connectivity index (χ3n) is 5.51. The number of rotatable bonds is 7. The third-order valence-corrected chi connectivity index (χ3v) is 5.51. The zero-order valence-electron chi connectivity index (χ0n) is 16.3. The van der Waals surface area contributed by atoms with Crippen LogP contribution in [0.1, 0.15) is 31.7 Å². The van der Waals surface area contributed by atoms with Gasteiger partial charge in [-0.25, -0.2) is 0 Å². The molecule has 6 heteroatoms. The lowest BCUT2D eigenvalue weighted by Gasteiger charge is -2.35. The van der Waals surface area contributed by atoms with Crippen LogP contribution >= 0.6 is 0 Å². The summed E-state index contributed by atoms with van der Waals surface area (Å²) in [5, 5.41) is 0. The Morgan fingerprint density at radius 3 is 2.46 bits per heavy atom. The van der Waals surface area contributed by atoms with Crippen molar-refractivity contribution >= 4 is 5.91 Å². The van der Waals surface area contributed by atoms with Gasteiger partial charge in [-0.2, -0.15) is 0 Å². The van der Waals surface area contributed by atoms with Crippen LogP contribution in [0.5, 0.6) is 17.2 Å². The number of hydrogen-bond acceptors (Lipinski definition) is 5. The molecule has 3 fully saturated rings. The fourth-order valence-electron chi connectivity index (χ4n) is 4.32. The van der Waals surface area contributed by atoms with Crippen LogP contribution in [0.25, 0.3) is 0 Å². The van der Waals surface area contributed by atoms with E-state index in [1.807, 2.05) is 12.1 Å². The first-order valence-electron chi connectivity index (χ1n) is 9.43. The van der Waals surface area contributed by atoms with Gasteiger partial charge < -0.3 is 19.1 Å². The highest BCUT2D eigenvalue weighted by molar-refractivity contribution is 5.80. The molecule has 144 valence electrons. The second kappa shape index (κ2) is 8.16. The van der Waals surface area contributed by atoms with Gasteiger partial charge in [0.25, 0.3) is 0 Å². The number of amides is 1. The van der Waals surface area contributed by atoms with Crippen LogP contribution < -0.4 is 14.2 Å². The minimum Gasteiger partial charge on any atom is -0.493 e. The molecule has 4 rings (SSSR count). The highest BCUT2D eigenvalue weighted by atomic mass is 16.5. The Balaban J connectivity index is 1.83. The van der Waals surface area contributed by atoms with Crippen LogP contribution in [0, 0.1) is 5.92 Å². The number of carbonyl (C=O) groups excluding carboxylic acids is 1. The maximum atomic E-state index is 12.7. The predicted molar refractivity (Wildman–Crippen MR) is 99.9 cm³/mol. The number of benzene rings is 1. The second-order valence-electron chi connectivity index (χ2n) is 7.15. The average Bonchev–Trinajstić information content (AvgIpc) is 2.92. The molecule has 3 saturated heterocycles. The largest absolute Gasteiger partial charge is 0.493 e. The van der Waals surface area contributed by atoms with Gasteiger partial charge in [0.05, 0.1) is 27.2 Å². The summed E-state index contributed by atoms with van der Waals surface area (Å²) in [5.74, 6) is 2.44. The summed E-state index contributed by atoms with van der Waals surface area (Å²) in [6, 6.07) is 4.27. The van der Waals surface area contributed by atoms with Crippen molar-refractivity contribution in [3.05, 3.63) is 17.7 Å². The van der Waals surface area contributed by atoms with Crippen molar-refractivity contribution in [1.82, 2.24) is 9.80 Å². The molecule has 1 amide bonds. The molecule has 0 unspecified atom stereocenters. The Labute approximate surface area is 156 Å². The van der Waals surface area contributed by atoms with Gasteiger partial charge in [-0.3, -0.25) is 9.69 Å². The molecule has 0 spiro atoms. The highest BCUT2D eigenvalue weighted by Gasteiger charge is 2.40. The fourth-order valence-corrected chi connectivity index (χ4v) is 4.32. The van der Waals surface area contributed by atoms with E-state index in [4.69, 9.17) is 14.2 Å². The van der Waals surface area contributed by atoms with Gasteiger partial charge in [-0.15, -0.1) is 0 Å². The first-order valence-corrected chi connectivity index (χ1v) is 9.43. The van der Waals surface area contributed by atoms with Crippen LogP contribution in [0.4, 0.5) is 0 Å². The average molecular weight is 362 g/mol. The van der Waals surface area contributed by atoms with Crippen LogP contribution in [-0.2, 0) is 11.3 Å². The lowest BCUT2D eigenvalue weighted by molar-refractivity contribution is -0.139. The molecule has 6 nitrogen and oxygen atoms in total. The maximum absolute atomic E-state index is 12.7. The molecule has 3 aliphatic rings. The monoisotopic (exact) mass is 362 g/mol. The van der Waals surface area contributed by atoms with Crippen molar-refractivity contribution in [2.24, 2.45) is 5.92 Å². The molecule has 0 radical (unpaired) electrons. The normalized spacial score (nSPS) is 23.1. The lowest BCUT2D eigenvalue weighted by atomic mass is 9.94. The quantitative estimate of drug-likeness (QED) is 0.746. The topological polar surface area (TPSA) is 51.2 Å². The molecule has 2 atom stereocenters. The van der Waals surface area contributed by atoms with Gasteiger partial charge in [-0.1, -0.05) is 13.0 Å². The lowest BCUT2D eigenvalue weighted by Crippen LogP contribution is -2.48. The second-order valence-corrected chi connectivity index (χ2v) is 7.15. The summed E-state index contributed by atoms with van der Waals surface area (Å²) in [4.78, 5) is 17.2. The molecular weight excluding hydrogens is 332 g/mol. The van der Waals surface area contributed by atoms with E-state index in [1.54, 1.807) is 21.3 Å². The van der Waals surface area contributed by atoms with E-state index < -0.39 is 0 Å². The van der Waals surface area contributed by atoms with Gasteiger partial charge in [0, 0.05) is 37.8 Å². The summed E-state index contributed by atoms with van der Waals surface area (Å²) >= 11 is 0. The van der Waals surface area contributed by atoms with Crippen LogP contribution in [-0.4, -0.2) is 62.7 Å². The Morgan fingerprint density at radius 2 is 1.81 bits per heavy atom. The fraction of sp³-hybridized carbons (Fsp3) is 0.650. The number of methoxy groups -OCH3 is 3.